The van der Waals surface area contributed by atoms with E-state index in [4.69, 9.17) is 10.5 Å². The lowest BCUT2D eigenvalue weighted by Crippen LogP contribution is -2.33. The Kier molecular flexibility index (Phi) is 2.93. The van der Waals surface area contributed by atoms with Gasteiger partial charge in [0, 0.05) is 12.5 Å². The van der Waals surface area contributed by atoms with Crippen LogP contribution in [0.1, 0.15) is 13.3 Å². The Bertz CT molecular complexity index is 436. The minimum absolute atomic E-state index is 0.128. The summed E-state index contributed by atoms with van der Waals surface area (Å²) in [6.07, 6.45) is 0.222. The van der Waals surface area contributed by atoms with Crippen LogP contribution in [0.5, 0.6) is 5.75 Å². The van der Waals surface area contributed by atoms with Crippen LogP contribution in [0.25, 0.3) is 0 Å². The predicted octanol–water partition coefficient (Wildman–Crippen LogP) is 1.46. The van der Waals surface area contributed by atoms with Crippen LogP contribution < -0.4 is 10.6 Å². The van der Waals surface area contributed by atoms with Gasteiger partial charge in [0.15, 0.2) is 0 Å². The van der Waals surface area contributed by atoms with Crippen LogP contribution in [0.2, 0.25) is 0 Å². The normalized spacial score (nSPS) is 23.9. The van der Waals surface area contributed by atoms with E-state index in [-0.39, 0.29) is 5.75 Å². The summed E-state index contributed by atoms with van der Waals surface area (Å²) in [5, 5.41) is 9.39. The number of amides is 1. The van der Waals surface area contributed by atoms with Crippen molar-refractivity contribution in [3.05, 3.63) is 24.3 Å². The standard InChI is InChI=1S/C12H16N2O3/c1-12(5-6-13)8-14(11(16)17-12)9-3-2-4-10(15)7-9/h2-4,7,15H,5-6,8,13H2,1H3. The van der Waals surface area contributed by atoms with Gasteiger partial charge in [-0.25, -0.2) is 4.79 Å². The van der Waals surface area contributed by atoms with Crippen molar-refractivity contribution in [3.8, 4) is 5.75 Å². The van der Waals surface area contributed by atoms with Crippen molar-refractivity contribution >= 4 is 11.8 Å². The van der Waals surface area contributed by atoms with E-state index < -0.39 is 11.7 Å². The molecule has 5 nitrogen and oxygen atoms in total. The second kappa shape index (κ2) is 4.25. The van der Waals surface area contributed by atoms with Gasteiger partial charge in [-0.2, -0.15) is 0 Å². The fourth-order valence-electron chi connectivity index (χ4n) is 1.99. The molecule has 1 aromatic rings. The molecule has 1 atom stereocenters. The molecule has 3 N–H and O–H groups in total. The molecular formula is C12H16N2O3. The van der Waals surface area contributed by atoms with E-state index in [2.05, 4.69) is 0 Å². The molecule has 1 aromatic carbocycles. The topological polar surface area (TPSA) is 75.8 Å². The molecule has 0 saturated carbocycles. The molecule has 92 valence electrons. The fraction of sp³-hybridized carbons (Fsp3) is 0.417. The third-order valence-electron chi connectivity index (χ3n) is 2.86. The van der Waals surface area contributed by atoms with E-state index in [0.717, 1.165) is 0 Å². The Labute approximate surface area is 99.8 Å². The van der Waals surface area contributed by atoms with Crippen LogP contribution in [0.3, 0.4) is 0 Å². The number of phenols is 1. The molecule has 0 aliphatic carbocycles. The first-order valence-corrected chi connectivity index (χ1v) is 5.54. The van der Waals surface area contributed by atoms with E-state index in [1.807, 2.05) is 6.92 Å². The summed E-state index contributed by atoms with van der Waals surface area (Å²) in [4.78, 5) is 13.3. The second-order valence-corrected chi connectivity index (χ2v) is 4.46. The maximum Gasteiger partial charge on any atom is 0.415 e. The van der Waals surface area contributed by atoms with Crippen LogP contribution in [0.4, 0.5) is 10.5 Å². The summed E-state index contributed by atoms with van der Waals surface area (Å²) in [7, 11) is 0. The van der Waals surface area contributed by atoms with E-state index in [0.29, 0.717) is 25.2 Å². The molecule has 0 radical (unpaired) electrons. The van der Waals surface area contributed by atoms with Crippen LogP contribution in [-0.4, -0.2) is 29.9 Å². The number of nitrogens with zero attached hydrogens (tertiary/aromatic N) is 1. The summed E-state index contributed by atoms with van der Waals surface area (Å²) in [5.74, 6) is 0.128. The number of hydrogen-bond donors (Lipinski definition) is 2. The number of carbonyl (C=O) groups is 1. The van der Waals surface area contributed by atoms with E-state index >= 15 is 0 Å². The van der Waals surface area contributed by atoms with Gasteiger partial charge in [0.05, 0.1) is 12.2 Å². The summed E-state index contributed by atoms with van der Waals surface area (Å²) >= 11 is 0. The summed E-state index contributed by atoms with van der Waals surface area (Å²) in [6.45, 7) is 2.78. The molecule has 0 aromatic heterocycles. The molecule has 1 aliphatic rings. The Morgan fingerprint density at radius 1 is 1.59 bits per heavy atom. The highest BCUT2D eigenvalue weighted by Gasteiger charge is 2.41. The highest BCUT2D eigenvalue weighted by atomic mass is 16.6. The van der Waals surface area contributed by atoms with Crippen LogP contribution in [0.15, 0.2) is 24.3 Å². The maximum atomic E-state index is 11.8. The predicted molar refractivity (Wildman–Crippen MR) is 64.0 cm³/mol. The average Bonchev–Trinajstić information content (AvgIpc) is 2.55. The van der Waals surface area contributed by atoms with Gasteiger partial charge >= 0.3 is 6.09 Å². The number of carbonyl (C=O) groups excluding carboxylic acids is 1. The van der Waals surface area contributed by atoms with Crippen LogP contribution in [-0.2, 0) is 4.74 Å². The molecule has 1 amide bonds. The fourth-order valence-corrected chi connectivity index (χ4v) is 1.99. The first kappa shape index (κ1) is 11.7. The summed E-state index contributed by atoms with van der Waals surface area (Å²) < 4.78 is 5.32. The van der Waals surface area contributed by atoms with Gasteiger partial charge in [0.1, 0.15) is 11.4 Å². The van der Waals surface area contributed by atoms with E-state index in [1.165, 1.54) is 11.0 Å². The number of nitrogens with two attached hydrogens (primary N) is 1. The van der Waals surface area contributed by atoms with E-state index in [9.17, 15) is 9.90 Å². The van der Waals surface area contributed by atoms with Crippen molar-refractivity contribution in [1.29, 1.82) is 0 Å². The van der Waals surface area contributed by atoms with Crippen molar-refractivity contribution in [2.75, 3.05) is 18.0 Å². The number of cyclic esters (lactones) is 1. The van der Waals surface area contributed by atoms with Crippen molar-refractivity contribution in [2.24, 2.45) is 5.73 Å². The molecule has 0 bridgehead atoms. The van der Waals surface area contributed by atoms with Gasteiger partial charge < -0.3 is 15.6 Å². The summed E-state index contributed by atoms with van der Waals surface area (Å²) in [5.41, 5.74) is 5.59. The summed E-state index contributed by atoms with van der Waals surface area (Å²) in [6, 6.07) is 6.55. The van der Waals surface area contributed by atoms with Gasteiger partial charge in [-0.15, -0.1) is 0 Å². The largest absolute Gasteiger partial charge is 0.508 e. The lowest BCUT2D eigenvalue weighted by molar-refractivity contribution is 0.0672. The maximum absolute atomic E-state index is 11.8. The Morgan fingerprint density at radius 2 is 2.35 bits per heavy atom. The monoisotopic (exact) mass is 236 g/mol. The molecule has 17 heavy (non-hydrogen) atoms. The average molecular weight is 236 g/mol. The van der Waals surface area contributed by atoms with Gasteiger partial charge in [0.25, 0.3) is 0 Å². The van der Waals surface area contributed by atoms with Crippen molar-refractivity contribution in [1.82, 2.24) is 0 Å². The van der Waals surface area contributed by atoms with Crippen molar-refractivity contribution in [2.45, 2.75) is 18.9 Å². The van der Waals surface area contributed by atoms with Gasteiger partial charge in [-0.3, -0.25) is 4.90 Å². The first-order valence-electron chi connectivity index (χ1n) is 5.54. The lowest BCUT2D eigenvalue weighted by atomic mass is 10.0. The smallest absolute Gasteiger partial charge is 0.415 e. The van der Waals surface area contributed by atoms with Crippen LogP contribution >= 0.6 is 0 Å². The van der Waals surface area contributed by atoms with Crippen molar-refractivity contribution in [3.63, 3.8) is 0 Å². The van der Waals surface area contributed by atoms with Crippen molar-refractivity contribution < 1.29 is 14.6 Å². The zero-order chi connectivity index (χ0) is 12.5. The molecule has 1 aliphatic heterocycles. The van der Waals surface area contributed by atoms with Gasteiger partial charge in [-0.1, -0.05) is 6.07 Å². The Morgan fingerprint density at radius 3 is 3.00 bits per heavy atom. The molecule has 1 unspecified atom stereocenters. The quantitative estimate of drug-likeness (QED) is 0.833. The number of aromatic hydroxyl groups is 1. The molecule has 2 rings (SSSR count). The number of ether oxygens (including phenoxy) is 1. The molecule has 5 heteroatoms. The highest BCUT2D eigenvalue weighted by Crippen LogP contribution is 2.31. The molecule has 1 fully saturated rings. The van der Waals surface area contributed by atoms with Gasteiger partial charge in [0.2, 0.25) is 0 Å². The first-order chi connectivity index (χ1) is 8.04. The zero-order valence-corrected chi connectivity index (χ0v) is 9.72. The third kappa shape index (κ3) is 2.34. The highest BCUT2D eigenvalue weighted by molar-refractivity contribution is 5.90. The molecule has 1 heterocycles. The number of rotatable bonds is 3. The Hall–Kier alpha value is -1.75. The number of benzene rings is 1. The van der Waals surface area contributed by atoms with Gasteiger partial charge in [-0.05, 0) is 25.6 Å². The lowest BCUT2D eigenvalue weighted by Gasteiger charge is -2.20. The zero-order valence-electron chi connectivity index (χ0n) is 9.72. The number of anilines is 1. The SMILES string of the molecule is CC1(CCN)CN(c2cccc(O)c2)C(=O)O1. The molecule has 1 saturated heterocycles. The molecule has 0 spiro atoms. The Balaban J connectivity index is 2.21. The number of hydrogen-bond acceptors (Lipinski definition) is 4. The second-order valence-electron chi connectivity index (χ2n) is 4.46. The third-order valence-corrected chi connectivity index (χ3v) is 2.86. The molecular weight excluding hydrogens is 220 g/mol. The van der Waals surface area contributed by atoms with E-state index in [1.54, 1.807) is 18.2 Å². The minimum Gasteiger partial charge on any atom is -0.508 e. The minimum atomic E-state index is -0.544. The number of phenolic OH excluding ortho intramolecular Hbond substituents is 1. The van der Waals surface area contributed by atoms with Crippen LogP contribution in [0, 0.1) is 0 Å².